The van der Waals surface area contributed by atoms with Crippen LogP contribution in [0.2, 0.25) is 0 Å². The molecule has 1 fully saturated rings. The summed E-state index contributed by atoms with van der Waals surface area (Å²) in [5, 5.41) is 7.01. The third-order valence-corrected chi connectivity index (χ3v) is 2.65. The quantitative estimate of drug-likeness (QED) is 0.842. The molecule has 1 heterocycles. The molecular formula is C11H17N3O2. The van der Waals surface area contributed by atoms with Crippen LogP contribution in [0.1, 0.15) is 37.1 Å². The molecule has 2 rings (SSSR count). The van der Waals surface area contributed by atoms with Crippen LogP contribution in [0.5, 0.6) is 0 Å². The number of carbonyl (C=O) groups is 1. The molecule has 88 valence electrons. The third-order valence-electron chi connectivity index (χ3n) is 2.65. The molecule has 16 heavy (non-hydrogen) atoms. The van der Waals surface area contributed by atoms with Crippen molar-refractivity contribution < 1.29 is 9.53 Å². The summed E-state index contributed by atoms with van der Waals surface area (Å²) in [5.41, 5.74) is 2.15. The second-order valence-electron chi connectivity index (χ2n) is 4.03. The zero-order valence-electron chi connectivity index (χ0n) is 9.69. The molecule has 1 saturated carbocycles. The molecule has 1 N–H and O–H groups in total. The van der Waals surface area contributed by atoms with E-state index in [2.05, 4.69) is 16.5 Å². The molecular weight excluding hydrogens is 206 g/mol. The molecule has 0 aliphatic heterocycles. The fourth-order valence-electron chi connectivity index (χ4n) is 1.74. The summed E-state index contributed by atoms with van der Waals surface area (Å²) in [6.45, 7) is 2.60. The number of hydrogen-bond acceptors (Lipinski definition) is 3. The van der Waals surface area contributed by atoms with E-state index in [4.69, 9.17) is 4.74 Å². The standard InChI is InChI=1S/C11H17N3O2/c1-3-16-11(15)12-7-9-6-10(8-4-5-8)14(2)13-9/h6,8H,3-5,7H2,1-2H3,(H,12,15). The highest BCUT2D eigenvalue weighted by Crippen LogP contribution is 2.39. The van der Waals surface area contributed by atoms with Gasteiger partial charge in [0.1, 0.15) is 0 Å². The Balaban J connectivity index is 1.89. The zero-order chi connectivity index (χ0) is 11.5. The van der Waals surface area contributed by atoms with Crippen LogP contribution in [0.25, 0.3) is 0 Å². The van der Waals surface area contributed by atoms with Crippen LogP contribution in [0, 0.1) is 0 Å². The van der Waals surface area contributed by atoms with Crippen molar-refractivity contribution in [3.63, 3.8) is 0 Å². The second kappa shape index (κ2) is 4.55. The Bertz CT molecular complexity index is 383. The fourth-order valence-corrected chi connectivity index (χ4v) is 1.74. The number of hydrogen-bond donors (Lipinski definition) is 1. The van der Waals surface area contributed by atoms with Crippen LogP contribution in [-0.2, 0) is 18.3 Å². The van der Waals surface area contributed by atoms with Gasteiger partial charge in [-0.3, -0.25) is 4.68 Å². The Hall–Kier alpha value is -1.52. The Morgan fingerprint density at radius 1 is 1.69 bits per heavy atom. The van der Waals surface area contributed by atoms with Crippen LogP contribution >= 0.6 is 0 Å². The zero-order valence-corrected chi connectivity index (χ0v) is 9.69. The average Bonchev–Trinajstić information content (AvgIpc) is 3.01. The molecule has 1 aliphatic carbocycles. The maximum Gasteiger partial charge on any atom is 0.407 e. The average molecular weight is 223 g/mol. The Kier molecular flexibility index (Phi) is 3.12. The SMILES string of the molecule is CCOC(=O)NCc1cc(C2CC2)n(C)n1. The third kappa shape index (κ3) is 2.53. The molecule has 5 heteroatoms. The van der Waals surface area contributed by atoms with Gasteiger partial charge in [-0.05, 0) is 25.8 Å². The highest BCUT2D eigenvalue weighted by molar-refractivity contribution is 5.66. The Morgan fingerprint density at radius 3 is 3.06 bits per heavy atom. The van der Waals surface area contributed by atoms with Gasteiger partial charge in [0.25, 0.3) is 0 Å². The minimum atomic E-state index is -0.388. The second-order valence-corrected chi connectivity index (χ2v) is 4.03. The number of nitrogens with one attached hydrogen (secondary N) is 1. The molecule has 0 radical (unpaired) electrons. The van der Waals surface area contributed by atoms with Crippen LogP contribution in [0.15, 0.2) is 6.07 Å². The van der Waals surface area contributed by atoms with E-state index in [1.54, 1.807) is 6.92 Å². The lowest BCUT2D eigenvalue weighted by atomic mass is 10.2. The van der Waals surface area contributed by atoms with Crippen molar-refractivity contribution >= 4 is 6.09 Å². The predicted octanol–water partition coefficient (Wildman–Crippen LogP) is 1.54. The summed E-state index contributed by atoms with van der Waals surface area (Å²) in [6, 6.07) is 2.06. The maximum atomic E-state index is 11.1. The number of nitrogens with zero attached hydrogens (tertiary/aromatic N) is 2. The first-order valence-corrected chi connectivity index (χ1v) is 5.64. The summed E-state index contributed by atoms with van der Waals surface area (Å²) < 4.78 is 6.68. The van der Waals surface area contributed by atoms with Crippen molar-refractivity contribution in [3.05, 3.63) is 17.5 Å². The Morgan fingerprint density at radius 2 is 2.44 bits per heavy atom. The minimum absolute atomic E-state index is 0.388. The monoisotopic (exact) mass is 223 g/mol. The molecule has 0 aromatic carbocycles. The number of aromatic nitrogens is 2. The lowest BCUT2D eigenvalue weighted by molar-refractivity contribution is 0.151. The molecule has 1 aromatic rings. The highest BCUT2D eigenvalue weighted by atomic mass is 16.5. The smallest absolute Gasteiger partial charge is 0.407 e. The van der Waals surface area contributed by atoms with Gasteiger partial charge in [0, 0.05) is 18.7 Å². The van der Waals surface area contributed by atoms with Crippen molar-refractivity contribution in [1.29, 1.82) is 0 Å². The van der Waals surface area contributed by atoms with Crippen molar-refractivity contribution in [2.75, 3.05) is 6.61 Å². The van der Waals surface area contributed by atoms with Crippen LogP contribution in [0.4, 0.5) is 4.79 Å². The molecule has 1 amide bonds. The van der Waals surface area contributed by atoms with E-state index in [9.17, 15) is 4.79 Å². The number of amides is 1. The van der Waals surface area contributed by atoms with E-state index in [0.29, 0.717) is 19.1 Å². The van der Waals surface area contributed by atoms with E-state index in [-0.39, 0.29) is 6.09 Å². The molecule has 0 unspecified atom stereocenters. The topological polar surface area (TPSA) is 56.1 Å². The minimum Gasteiger partial charge on any atom is -0.450 e. The molecule has 1 aromatic heterocycles. The van der Waals surface area contributed by atoms with Crippen molar-refractivity contribution in [2.45, 2.75) is 32.2 Å². The van der Waals surface area contributed by atoms with Gasteiger partial charge in [0.2, 0.25) is 0 Å². The largest absolute Gasteiger partial charge is 0.450 e. The molecule has 0 saturated heterocycles. The molecule has 0 atom stereocenters. The van der Waals surface area contributed by atoms with Gasteiger partial charge in [-0.1, -0.05) is 0 Å². The first-order chi connectivity index (χ1) is 7.70. The lowest BCUT2D eigenvalue weighted by Gasteiger charge is -2.02. The van der Waals surface area contributed by atoms with E-state index < -0.39 is 0 Å². The number of aryl methyl sites for hydroxylation is 1. The fraction of sp³-hybridized carbons (Fsp3) is 0.636. The summed E-state index contributed by atoms with van der Waals surface area (Å²) in [6.07, 6.45) is 2.12. The van der Waals surface area contributed by atoms with E-state index in [1.807, 2.05) is 11.7 Å². The van der Waals surface area contributed by atoms with Crippen molar-refractivity contribution in [3.8, 4) is 0 Å². The summed E-state index contributed by atoms with van der Waals surface area (Å²) >= 11 is 0. The van der Waals surface area contributed by atoms with Gasteiger partial charge >= 0.3 is 6.09 Å². The van der Waals surface area contributed by atoms with E-state index in [0.717, 1.165) is 5.69 Å². The van der Waals surface area contributed by atoms with E-state index >= 15 is 0 Å². The molecule has 0 spiro atoms. The molecule has 5 nitrogen and oxygen atoms in total. The number of rotatable bonds is 4. The van der Waals surface area contributed by atoms with Crippen molar-refractivity contribution in [2.24, 2.45) is 7.05 Å². The van der Waals surface area contributed by atoms with E-state index in [1.165, 1.54) is 18.5 Å². The Labute approximate surface area is 94.8 Å². The van der Waals surface area contributed by atoms with Crippen molar-refractivity contribution in [1.82, 2.24) is 15.1 Å². The van der Waals surface area contributed by atoms with Gasteiger partial charge in [-0.15, -0.1) is 0 Å². The first-order valence-electron chi connectivity index (χ1n) is 5.64. The van der Waals surface area contributed by atoms with Crippen LogP contribution in [-0.4, -0.2) is 22.5 Å². The van der Waals surface area contributed by atoms with Gasteiger partial charge in [0.15, 0.2) is 0 Å². The summed E-state index contributed by atoms with van der Waals surface area (Å²) in [4.78, 5) is 11.1. The predicted molar refractivity (Wildman–Crippen MR) is 59.0 cm³/mol. The normalized spacial score (nSPS) is 14.9. The van der Waals surface area contributed by atoms with Gasteiger partial charge in [0.05, 0.1) is 18.8 Å². The number of carbonyl (C=O) groups excluding carboxylic acids is 1. The van der Waals surface area contributed by atoms with Crippen LogP contribution in [0.3, 0.4) is 0 Å². The lowest BCUT2D eigenvalue weighted by Crippen LogP contribution is -2.23. The number of alkyl carbamates (subject to hydrolysis) is 1. The van der Waals surface area contributed by atoms with Crippen LogP contribution < -0.4 is 5.32 Å². The highest BCUT2D eigenvalue weighted by Gasteiger charge is 2.27. The summed E-state index contributed by atoms with van der Waals surface area (Å²) in [7, 11) is 1.95. The molecule has 1 aliphatic rings. The number of ether oxygens (including phenoxy) is 1. The van der Waals surface area contributed by atoms with Gasteiger partial charge in [-0.25, -0.2) is 4.79 Å². The molecule has 0 bridgehead atoms. The maximum absolute atomic E-state index is 11.1. The summed E-state index contributed by atoms with van der Waals surface area (Å²) in [5.74, 6) is 0.675. The first kappa shape index (κ1) is 11.0. The van der Waals surface area contributed by atoms with Gasteiger partial charge < -0.3 is 10.1 Å². The van der Waals surface area contributed by atoms with Gasteiger partial charge in [-0.2, -0.15) is 5.10 Å².